The molecule has 3 rings (SSSR count). The smallest absolute Gasteiger partial charge is 0.414 e. The number of amides is 1. The van der Waals surface area contributed by atoms with Gasteiger partial charge in [-0.25, -0.2) is 9.59 Å². The van der Waals surface area contributed by atoms with Gasteiger partial charge in [-0.15, -0.1) is 0 Å². The number of nitrogens with one attached hydrogen (secondary N) is 1. The zero-order chi connectivity index (χ0) is 19.6. The summed E-state index contributed by atoms with van der Waals surface area (Å²) in [6.07, 6.45) is -0.794. The van der Waals surface area contributed by atoms with E-state index in [9.17, 15) is 14.7 Å². The first-order valence-corrected chi connectivity index (χ1v) is 8.91. The molecule has 27 heavy (non-hydrogen) atoms. The van der Waals surface area contributed by atoms with Crippen molar-refractivity contribution in [1.82, 2.24) is 4.90 Å². The molecule has 5 N–H and O–H groups in total. The predicted molar refractivity (Wildman–Crippen MR) is 97.9 cm³/mol. The number of cyclic esters (lactones) is 1. The Morgan fingerprint density at radius 2 is 1.93 bits per heavy atom. The molecule has 2 fully saturated rings. The Bertz CT molecular complexity index is 715. The molecule has 2 saturated heterocycles. The first kappa shape index (κ1) is 19.1. The fraction of sp³-hybridized carbons (Fsp3) is 0.500. The van der Waals surface area contributed by atoms with E-state index in [0.717, 1.165) is 0 Å². The van der Waals surface area contributed by atoms with E-state index in [1.807, 2.05) is 0 Å². The number of hydrogen-bond acceptors (Lipinski definition) is 6. The normalized spacial score (nSPS) is 22.5. The van der Waals surface area contributed by atoms with Gasteiger partial charge in [0.25, 0.3) is 0 Å². The van der Waals surface area contributed by atoms with E-state index in [0.29, 0.717) is 50.3 Å². The molecule has 9 nitrogen and oxygen atoms in total. The van der Waals surface area contributed by atoms with E-state index in [4.69, 9.17) is 21.0 Å². The Balaban J connectivity index is 1.52. The number of carboxylic acids is 1. The molecule has 0 bridgehead atoms. The van der Waals surface area contributed by atoms with E-state index in [-0.39, 0.29) is 17.9 Å². The van der Waals surface area contributed by atoms with Gasteiger partial charge in [-0.3, -0.25) is 15.2 Å². The van der Waals surface area contributed by atoms with Gasteiger partial charge < -0.3 is 20.7 Å². The number of piperidine rings is 1. The average molecular weight is 376 g/mol. The number of aliphatic hydroxyl groups excluding tert-OH is 1. The Morgan fingerprint density at radius 1 is 1.30 bits per heavy atom. The number of hydrogen-bond donors (Lipinski definition) is 4. The molecular formula is C18H24N4O5. The SMILES string of the molecule is N=C(N)c1ccc(N2CC(CN3CCC(C(O)C(=O)O)CC3)OC2=O)cc1. The summed E-state index contributed by atoms with van der Waals surface area (Å²) in [5.74, 6) is -1.44. The second kappa shape index (κ2) is 7.93. The highest BCUT2D eigenvalue weighted by Gasteiger charge is 2.35. The number of anilines is 1. The number of likely N-dealkylation sites (tertiary alicyclic amines) is 1. The van der Waals surface area contributed by atoms with E-state index >= 15 is 0 Å². The predicted octanol–water partition coefficient (Wildman–Crippen LogP) is 0.453. The molecule has 0 spiro atoms. The van der Waals surface area contributed by atoms with Crippen LogP contribution in [0.5, 0.6) is 0 Å². The number of ether oxygens (including phenoxy) is 1. The van der Waals surface area contributed by atoms with Crippen LogP contribution in [-0.4, -0.2) is 71.4 Å². The number of aliphatic hydroxyl groups is 1. The van der Waals surface area contributed by atoms with Crippen LogP contribution in [0.2, 0.25) is 0 Å². The van der Waals surface area contributed by atoms with Gasteiger partial charge >= 0.3 is 12.1 Å². The van der Waals surface area contributed by atoms with Crippen LogP contribution in [-0.2, 0) is 9.53 Å². The molecule has 1 amide bonds. The second-order valence-corrected chi connectivity index (χ2v) is 7.00. The highest BCUT2D eigenvalue weighted by Crippen LogP contribution is 2.25. The Morgan fingerprint density at radius 3 is 2.48 bits per heavy atom. The van der Waals surface area contributed by atoms with Crippen molar-refractivity contribution < 1.29 is 24.5 Å². The summed E-state index contributed by atoms with van der Waals surface area (Å²) < 4.78 is 5.46. The molecule has 0 saturated carbocycles. The van der Waals surface area contributed by atoms with E-state index in [1.54, 1.807) is 29.2 Å². The molecule has 2 atom stereocenters. The van der Waals surface area contributed by atoms with E-state index in [1.165, 1.54) is 0 Å². The third kappa shape index (κ3) is 4.37. The van der Waals surface area contributed by atoms with Crippen LogP contribution in [0.1, 0.15) is 18.4 Å². The van der Waals surface area contributed by atoms with Gasteiger partial charge in [-0.05, 0) is 56.1 Å². The lowest BCUT2D eigenvalue weighted by molar-refractivity contribution is -0.150. The number of nitrogen functional groups attached to an aromatic ring is 1. The van der Waals surface area contributed by atoms with Crippen molar-refractivity contribution in [3.8, 4) is 0 Å². The largest absolute Gasteiger partial charge is 0.479 e. The topological polar surface area (TPSA) is 140 Å². The molecule has 2 aliphatic rings. The van der Waals surface area contributed by atoms with Crippen LogP contribution in [0.4, 0.5) is 10.5 Å². The fourth-order valence-corrected chi connectivity index (χ4v) is 3.59. The fourth-order valence-electron chi connectivity index (χ4n) is 3.59. The molecule has 0 radical (unpaired) electrons. The van der Waals surface area contributed by atoms with Crippen molar-refractivity contribution in [2.75, 3.05) is 31.1 Å². The standard InChI is InChI=1S/C18H24N4O5/c19-16(20)12-1-3-13(4-2-12)22-10-14(27-18(22)26)9-21-7-5-11(6-8-21)15(23)17(24)25/h1-4,11,14-15,23H,5-10H2,(H3,19,20)(H,24,25). The van der Waals surface area contributed by atoms with Crippen LogP contribution in [0, 0.1) is 11.3 Å². The lowest BCUT2D eigenvalue weighted by Crippen LogP contribution is -2.43. The van der Waals surface area contributed by atoms with Crippen LogP contribution in [0.15, 0.2) is 24.3 Å². The maximum atomic E-state index is 12.2. The number of aliphatic carboxylic acids is 1. The Labute approximate surface area is 156 Å². The first-order chi connectivity index (χ1) is 12.8. The summed E-state index contributed by atoms with van der Waals surface area (Å²) in [7, 11) is 0. The third-order valence-corrected chi connectivity index (χ3v) is 5.16. The molecule has 9 heteroatoms. The highest BCUT2D eigenvalue weighted by atomic mass is 16.6. The molecular weight excluding hydrogens is 352 g/mol. The second-order valence-electron chi connectivity index (χ2n) is 7.00. The number of nitrogens with zero attached hydrogens (tertiary/aromatic N) is 2. The van der Waals surface area contributed by atoms with Crippen LogP contribution in [0.25, 0.3) is 0 Å². The number of amidine groups is 1. The number of carbonyl (C=O) groups excluding carboxylic acids is 1. The van der Waals surface area contributed by atoms with Crippen molar-refractivity contribution in [3.63, 3.8) is 0 Å². The lowest BCUT2D eigenvalue weighted by atomic mass is 9.91. The quantitative estimate of drug-likeness (QED) is 0.417. The van der Waals surface area contributed by atoms with Gasteiger partial charge in [0, 0.05) is 17.8 Å². The molecule has 2 heterocycles. The monoisotopic (exact) mass is 376 g/mol. The maximum Gasteiger partial charge on any atom is 0.414 e. The Hall–Kier alpha value is -2.65. The highest BCUT2D eigenvalue weighted by molar-refractivity contribution is 5.96. The van der Waals surface area contributed by atoms with Gasteiger partial charge in [0.15, 0.2) is 6.10 Å². The summed E-state index contributed by atoms with van der Waals surface area (Å²) in [4.78, 5) is 26.7. The van der Waals surface area contributed by atoms with Gasteiger partial charge in [0.1, 0.15) is 11.9 Å². The van der Waals surface area contributed by atoms with Crippen LogP contribution in [0.3, 0.4) is 0 Å². The number of benzene rings is 1. The van der Waals surface area contributed by atoms with Crippen molar-refractivity contribution in [3.05, 3.63) is 29.8 Å². The zero-order valence-corrected chi connectivity index (χ0v) is 14.9. The molecule has 0 aromatic heterocycles. The van der Waals surface area contributed by atoms with Gasteiger partial charge in [0.2, 0.25) is 0 Å². The van der Waals surface area contributed by atoms with Gasteiger partial charge in [-0.1, -0.05) is 0 Å². The van der Waals surface area contributed by atoms with Crippen molar-refractivity contribution >= 4 is 23.6 Å². The summed E-state index contributed by atoms with van der Waals surface area (Å²) in [5, 5.41) is 26.0. The Kier molecular flexibility index (Phi) is 5.62. The lowest BCUT2D eigenvalue weighted by Gasteiger charge is -2.33. The minimum atomic E-state index is -1.31. The summed E-state index contributed by atoms with van der Waals surface area (Å²) in [6.45, 7) is 2.33. The molecule has 2 aliphatic heterocycles. The van der Waals surface area contributed by atoms with Gasteiger partial charge in [0.05, 0.1) is 6.54 Å². The van der Waals surface area contributed by atoms with Gasteiger partial charge in [-0.2, -0.15) is 0 Å². The van der Waals surface area contributed by atoms with E-state index in [2.05, 4.69) is 4.90 Å². The third-order valence-electron chi connectivity index (χ3n) is 5.16. The number of rotatable bonds is 6. The van der Waals surface area contributed by atoms with E-state index < -0.39 is 18.2 Å². The number of carboxylic acid groups (broad SMARTS) is 1. The molecule has 0 aliphatic carbocycles. The number of nitrogens with two attached hydrogens (primary N) is 1. The van der Waals surface area contributed by atoms with Crippen molar-refractivity contribution in [2.24, 2.45) is 11.7 Å². The molecule has 2 unspecified atom stereocenters. The van der Waals surface area contributed by atoms with Crippen LogP contribution < -0.4 is 10.6 Å². The zero-order valence-electron chi connectivity index (χ0n) is 14.9. The minimum Gasteiger partial charge on any atom is -0.479 e. The summed E-state index contributed by atoms with van der Waals surface area (Å²) >= 11 is 0. The first-order valence-electron chi connectivity index (χ1n) is 8.91. The number of carbonyl (C=O) groups is 2. The average Bonchev–Trinajstić information content (AvgIpc) is 3.02. The molecule has 146 valence electrons. The summed E-state index contributed by atoms with van der Waals surface area (Å²) in [5.41, 5.74) is 6.72. The minimum absolute atomic E-state index is 0.0279. The maximum absolute atomic E-state index is 12.2. The van der Waals surface area contributed by atoms with Crippen molar-refractivity contribution in [2.45, 2.75) is 25.0 Å². The molecule has 1 aromatic carbocycles. The molecule has 1 aromatic rings. The van der Waals surface area contributed by atoms with Crippen LogP contribution >= 0.6 is 0 Å². The van der Waals surface area contributed by atoms with Crippen molar-refractivity contribution in [1.29, 1.82) is 5.41 Å². The summed E-state index contributed by atoms with van der Waals surface area (Å²) in [6, 6.07) is 6.85.